The fourth-order valence-electron chi connectivity index (χ4n) is 1.42. The van der Waals surface area contributed by atoms with Gasteiger partial charge in [0, 0.05) is 0 Å². The van der Waals surface area contributed by atoms with Gasteiger partial charge in [0.15, 0.2) is 0 Å². The molecule has 0 fully saturated rings. The summed E-state index contributed by atoms with van der Waals surface area (Å²) in [5.41, 5.74) is 4.79. The van der Waals surface area contributed by atoms with Crippen molar-refractivity contribution in [3.63, 3.8) is 0 Å². The third kappa shape index (κ3) is 3.59. The third-order valence-corrected chi connectivity index (χ3v) is 2.15. The summed E-state index contributed by atoms with van der Waals surface area (Å²) in [5.74, 6) is -2.98. The number of aliphatic carboxylic acids is 1. The van der Waals surface area contributed by atoms with Crippen LogP contribution in [0.1, 0.15) is 32.4 Å². The van der Waals surface area contributed by atoms with Crippen molar-refractivity contribution in [2.24, 2.45) is 5.73 Å². The molecular weight excluding hydrogens is 238 g/mol. The number of carbonyl (C=O) groups is 2. The SMILES string of the molecule is CC(C)(C)OC(=O)C(c1ccco1)C(N)C(=O)O. The number of hydrogen-bond acceptors (Lipinski definition) is 5. The highest BCUT2D eigenvalue weighted by molar-refractivity contribution is 5.87. The van der Waals surface area contributed by atoms with Crippen molar-refractivity contribution in [1.82, 2.24) is 0 Å². The molecule has 0 aromatic carbocycles. The van der Waals surface area contributed by atoms with Crippen LogP contribution < -0.4 is 5.73 Å². The maximum Gasteiger partial charge on any atom is 0.321 e. The van der Waals surface area contributed by atoms with Crippen molar-refractivity contribution in [3.8, 4) is 0 Å². The lowest BCUT2D eigenvalue weighted by molar-refractivity contribution is -0.160. The van der Waals surface area contributed by atoms with Gasteiger partial charge < -0.3 is 20.0 Å². The van der Waals surface area contributed by atoms with E-state index in [0.717, 1.165) is 0 Å². The molecule has 1 rings (SSSR count). The first-order chi connectivity index (χ1) is 8.22. The molecule has 6 heteroatoms. The van der Waals surface area contributed by atoms with E-state index in [1.165, 1.54) is 12.3 Å². The van der Waals surface area contributed by atoms with Gasteiger partial charge in [0.25, 0.3) is 0 Å². The van der Waals surface area contributed by atoms with Crippen molar-refractivity contribution in [1.29, 1.82) is 0 Å². The zero-order valence-corrected chi connectivity index (χ0v) is 10.5. The average Bonchev–Trinajstić information content (AvgIpc) is 2.67. The highest BCUT2D eigenvalue weighted by Crippen LogP contribution is 2.24. The molecule has 0 radical (unpaired) electrons. The maximum absolute atomic E-state index is 12.0. The molecule has 0 amide bonds. The molecule has 1 aromatic heterocycles. The molecule has 1 heterocycles. The maximum atomic E-state index is 12.0. The van der Waals surface area contributed by atoms with Crippen molar-refractivity contribution in [2.75, 3.05) is 0 Å². The van der Waals surface area contributed by atoms with E-state index in [-0.39, 0.29) is 5.76 Å². The number of carboxylic acids is 1. The van der Waals surface area contributed by atoms with Crippen LogP contribution >= 0.6 is 0 Å². The van der Waals surface area contributed by atoms with Gasteiger partial charge in [-0.25, -0.2) is 0 Å². The minimum Gasteiger partial charge on any atom is -0.480 e. The van der Waals surface area contributed by atoms with Gasteiger partial charge in [-0.05, 0) is 32.9 Å². The number of rotatable bonds is 4. The third-order valence-electron chi connectivity index (χ3n) is 2.15. The van der Waals surface area contributed by atoms with Crippen LogP contribution in [0.3, 0.4) is 0 Å². The van der Waals surface area contributed by atoms with Crippen LogP contribution in [0.25, 0.3) is 0 Å². The van der Waals surface area contributed by atoms with Crippen LogP contribution in [0.4, 0.5) is 0 Å². The van der Waals surface area contributed by atoms with Crippen LogP contribution in [0.15, 0.2) is 22.8 Å². The second-order valence-electron chi connectivity index (χ2n) is 4.89. The number of carbonyl (C=O) groups excluding carboxylic acids is 1. The Morgan fingerprint density at radius 2 is 2.06 bits per heavy atom. The molecule has 0 spiro atoms. The molecular formula is C12H17NO5. The van der Waals surface area contributed by atoms with Crippen LogP contribution in [0, 0.1) is 0 Å². The van der Waals surface area contributed by atoms with Gasteiger partial charge in [-0.1, -0.05) is 0 Å². The smallest absolute Gasteiger partial charge is 0.321 e. The summed E-state index contributed by atoms with van der Waals surface area (Å²) in [4.78, 5) is 22.9. The zero-order chi connectivity index (χ0) is 13.9. The Labute approximate surface area is 105 Å². The lowest BCUT2D eigenvalue weighted by Gasteiger charge is -2.24. The Hall–Kier alpha value is -1.82. The summed E-state index contributed by atoms with van der Waals surface area (Å²) in [7, 11) is 0. The average molecular weight is 255 g/mol. The highest BCUT2D eigenvalue weighted by atomic mass is 16.6. The van der Waals surface area contributed by atoms with E-state index in [1.807, 2.05) is 0 Å². The topological polar surface area (TPSA) is 103 Å². The molecule has 100 valence electrons. The Morgan fingerprint density at radius 3 is 2.44 bits per heavy atom. The molecule has 0 aliphatic rings. The predicted molar refractivity (Wildman–Crippen MR) is 62.9 cm³/mol. The van der Waals surface area contributed by atoms with Gasteiger partial charge in [0.1, 0.15) is 23.3 Å². The fourth-order valence-corrected chi connectivity index (χ4v) is 1.42. The van der Waals surface area contributed by atoms with Crippen LogP contribution in [0.2, 0.25) is 0 Å². The van der Waals surface area contributed by atoms with E-state index in [9.17, 15) is 9.59 Å². The first-order valence-corrected chi connectivity index (χ1v) is 5.47. The quantitative estimate of drug-likeness (QED) is 0.781. The van der Waals surface area contributed by atoms with Crippen LogP contribution in [0.5, 0.6) is 0 Å². The van der Waals surface area contributed by atoms with Crippen LogP contribution in [-0.2, 0) is 14.3 Å². The van der Waals surface area contributed by atoms with Gasteiger partial charge in [-0.3, -0.25) is 9.59 Å². The van der Waals surface area contributed by atoms with E-state index < -0.39 is 29.5 Å². The van der Waals surface area contributed by atoms with Crippen molar-refractivity contribution in [3.05, 3.63) is 24.2 Å². The zero-order valence-electron chi connectivity index (χ0n) is 10.5. The molecule has 6 nitrogen and oxygen atoms in total. The second kappa shape index (κ2) is 5.22. The number of esters is 1. The Balaban J connectivity index is 2.99. The molecule has 0 aliphatic carbocycles. The molecule has 0 saturated carbocycles. The molecule has 2 atom stereocenters. The summed E-state index contributed by atoms with van der Waals surface area (Å²) in [6.45, 7) is 5.07. The number of hydrogen-bond donors (Lipinski definition) is 2. The first-order valence-electron chi connectivity index (χ1n) is 5.47. The number of carboxylic acid groups (broad SMARTS) is 1. The first kappa shape index (κ1) is 14.2. The Bertz CT molecular complexity index is 418. The fraction of sp³-hybridized carbons (Fsp3) is 0.500. The molecule has 18 heavy (non-hydrogen) atoms. The van der Waals surface area contributed by atoms with Gasteiger partial charge >= 0.3 is 11.9 Å². The number of ether oxygens (including phenoxy) is 1. The molecule has 0 aliphatic heterocycles. The summed E-state index contributed by atoms with van der Waals surface area (Å²) in [5, 5.41) is 8.92. The van der Waals surface area contributed by atoms with Gasteiger partial charge in [-0.15, -0.1) is 0 Å². The van der Waals surface area contributed by atoms with Crippen molar-refractivity contribution < 1.29 is 23.8 Å². The lowest BCUT2D eigenvalue weighted by Crippen LogP contribution is -2.42. The van der Waals surface area contributed by atoms with Crippen molar-refractivity contribution >= 4 is 11.9 Å². The monoisotopic (exact) mass is 255 g/mol. The molecule has 0 bridgehead atoms. The van der Waals surface area contributed by atoms with Crippen molar-refractivity contribution in [2.45, 2.75) is 38.3 Å². The predicted octanol–water partition coefficient (Wildman–Crippen LogP) is 1.12. The van der Waals surface area contributed by atoms with E-state index in [0.29, 0.717) is 0 Å². The summed E-state index contributed by atoms with van der Waals surface area (Å²) in [6.07, 6.45) is 1.35. The Kier molecular flexibility index (Phi) is 4.13. The standard InChI is InChI=1S/C12H17NO5/c1-12(2,3)18-11(16)8(9(13)10(14)15)7-5-4-6-17-7/h4-6,8-9H,13H2,1-3H3,(H,14,15). The Morgan fingerprint density at radius 1 is 1.44 bits per heavy atom. The second-order valence-corrected chi connectivity index (χ2v) is 4.89. The lowest BCUT2D eigenvalue weighted by atomic mass is 9.97. The van der Waals surface area contributed by atoms with Gasteiger partial charge in [0.2, 0.25) is 0 Å². The highest BCUT2D eigenvalue weighted by Gasteiger charge is 2.37. The normalized spacial score (nSPS) is 14.9. The van der Waals surface area contributed by atoms with E-state index in [4.69, 9.17) is 20.0 Å². The van der Waals surface area contributed by atoms with E-state index >= 15 is 0 Å². The molecule has 0 saturated heterocycles. The van der Waals surface area contributed by atoms with Gasteiger partial charge in [0.05, 0.1) is 6.26 Å². The van der Waals surface area contributed by atoms with E-state index in [1.54, 1.807) is 26.8 Å². The molecule has 3 N–H and O–H groups in total. The summed E-state index contributed by atoms with van der Waals surface area (Å²) >= 11 is 0. The minimum absolute atomic E-state index is 0.180. The van der Waals surface area contributed by atoms with Gasteiger partial charge in [-0.2, -0.15) is 0 Å². The van der Waals surface area contributed by atoms with E-state index in [2.05, 4.69) is 0 Å². The number of furan rings is 1. The van der Waals surface area contributed by atoms with Crippen LogP contribution in [-0.4, -0.2) is 28.7 Å². The largest absolute Gasteiger partial charge is 0.480 e. The molecule has 1 aromatic rings. The molecule has 2 unspecified atom stereocenters. The summed E-state index contributed by atoms with van der Waals surface area (Å²) < 4.78 is 10.2. The summed E-state index contributed by atoms with van der Waals surface area (Å²) in [6, 6.07) is 1.64. The number of nitrogens with two attached hydrogens (primary N) is 1. The minimum atomic E-state index is -1.41.